The third kappa shape index (κ3) is 6.68. The van der Waals surface area contributed by atoms with Crippen molar-refractivity contribution in [2.24, 2.45) is 0 Å². The molecule has 0 radical (unpaired) electrons. The van der Waals surface area contributed by atoms with Crippen molar-refractivity contribution in [3.8, 4) is 5.75 Å². The first-order valence-electron chi connectivity index (χ1n) is 11.7. The third-order valence-corrected chi connectivity index (χ3v) is 7.65. The van der Waals surface area contributed by atoms with Crippen molar-refractivity contribution in [3.05, 3.63) is 65.3 Å². The van der Waals surface area contributed by atoms with Crippen LogP contribution < -0.4 is 26.0 Å². The zero-order valence-corrected chi connectivity index (χ0v) is 22.9. The van der Waals surface area contributed by atoms with Crippen molar-refractivity contribution in [1.82, 2.24) is 14.9 Å². The number of rotatable bonds is 8. The van der Waals surface area contributed by atoms with Crippen LogP contribution in [0.5, 0.6) is 5.75 Å². The van der Waals surface area contributed by atoms with E-state index in [4.69, 9.17) is 16.3 Å². The Bertz CT molecular complexity index is 1390. The van der Waals surface area contributed by atoms with Crippen LogP contribution in [0.2, 0.25) is 5.02 Å². The van der Waals surface area contributed by atoms with Crippen LogP contribution in [0, 0.1) is 0 Å². The second-order valence-corrected chi connectivity index (χ2v) is 12.7. The molecule has 3 N–H and O–H groups in total. The lowest BCUT2D eigenvalue weighted by molar-refractivity contribution is -0.113. The first-order chi connectivity index (χ1) is 17.6. The molecular weight excluding hydrogens is 511 g/mol. The highest BCUT2D eigenvalue weighted by atomic mass is 35.5. The lowest BCUT2D eigenvalue weighted by atomic mass is 10.1. The van der Waals surface area contributed by atoms with Crippen LogP contribution in [0.25, 0.3) is 0 Å². The summed E-state index contributed by atoms with van der Waals surface area (Å²) < 4.78 is 18.2. The van der Waals surface area contributed by atoms with Crippen LogP contribution in [-0.4, -0.2) is 61.4 Å². The standard InChI is InChI=1S/C26H30ClN6O3P/c1-33-13-7-8-17(16-33)25(34)29-18-11-12-22(36-2)21(14-18)31-26-28-15-19(27)24(32-26)30-20-9-5-6-10-23(20)37(3,4)35/h5-6,8-12,14-15H,7,13,16H2,1-4H3,(H,29,34)(H2,28,30,31,32). The number of anilines is 5. The van der Waals surface area contributed by atoms with Crippen molar-refractivity contribution < 1.29 is 14.1 Å². The molecule has 4 rings (SSSR count). The number of carbonyl (C=O) groups is 1. The monoisotopic (exact) mass is 540 g/mol. The van der Waals surface area contributed by atoms with E-state index in [0.29, 0.717) is 45.5 Å². The van der Waals surface area contributed by atoms with Crippen LogP contribution in [0.3, 0.4) is 0 Å². The molecule has 9 nitrogen and oxygen atoms in total. The zero-order chi connectivity index (χ0) is 26.6. The molecule has 1 aliphatic heterocycles. The van der Waals surface area contributed by atoms with Crippen molar-refractivity contribution in [1.29, 1.82) is 0 Å². The lowest BCUT2D eigenvalue weighted by Crippen LogP contribution is -2.30. The van der Waals surface area contributed by atoms with Gasteiger partial charge in [0.2, 0.25) is 5.95 Å². The van der Waals surface area contributed by atoms with Gasteiger partial charge in [-0.2, -0.15) is 4.98 Å². The Balaban J connectivity index is 1.57. The smallest absolute Gasteiger partial charge is 0.252 e. The number of methoxy groups -OCH3 is 1. The highest BCUT2D eigenvalue weighted by Gasteiger charge is 2.18. The second-order valence-electron chi connectivity index (χ2n) is 9.13. The molecule has 1 aliphatic rings. The number of aromatic nitrogens is 2. The molecule has 2 heterocycles. The van der Waals surface area contributed by atoms with Crippen LogP contribution in [-0.2, 0) is 9.36 Å². The summed E-state index contributed by atoms with van der Waals surface area (Å²) in [6.07, 6.45) is 4.29. The molecule has 0 saturated heterocycles. The number of ether oxygens (including phenoxy) is 1. The number of amides is 1. The topological polar surface area (TPSA) is 108 Å². The summed E-state index contributed by atoms with van der Waals surface area (Å²) in [6, 6.07) is 12.6. The summed E-state index contributed by atoms with van der Waals surface area (Å²) in [5, 5.41) is 10.3. The number of hydrogen-bond acceptors (Lipinski definition) is 8. The van der Waals surface area contributed by atoms with Gasteiger partial charge in [-0.1, -0.05) is 29.8 Å². The van der Waals surface area contributed by atoms with Crippen LogP contribution in [0.1, 0.15) is 6.42 Å². The molecular formula is C26H30ClN6O3P. The molecule has 1 aromatic heterocycles. The molecule has 0 unspecified atom stereocenters. The van der Waals surface area contributed by atoms with E-state index in [9.17, 15) is 9.36 Å². The largest absolute Gasteiger partial charge is 0.495 e. The SMILES string of the molecule is COc1ccc(NC(=O)C2=CCCN(C)C2)cc1Nc1ncc(Cl)c(Nc2ccccc2P(C)(C)=O)n1. The van der Waals surface area contributed by atoms with E-state index < -0.39 is 7.14 Å². The minimum Gasteiger partial charge on any atom is -0.495 e. The molecule has 0 atom stereocenters. The Morgan fingerprint density at radius 2 is 1.92 bits per heavy atom. The van der Waals surface area contributed by atoms with E-state index in [1.807, 2.05) is 37.4 Å². The van der Waals surface area contributed by atoms with Crippen molar-refractivity contribution >= 4 is 58.8 Å². The predicted molar refractivity (Wildman–Crippen MR) is 151 cm³/mol. The molecule has 1 amide bonds. The van der Waals surface area contributed by atoms with Crippen molar-refractivity contribution in [3.63, 3.8) is 0 Å². The molecule has 3 aromatic rings. The number of benzene rings is 2. The van der Waals surface area contributed by atoms with E-state index in [2.05, 4.69) is 30.8 Å². The Morgan fingerprint density at radius 1 is 1.14 bits per heavy atom. The first kappa shape index (κ1) is 26.7. The number of carbonyl (C=O) groups excluding carboxylic acids is 1. The minimum atomic E-state index is -2.54. The van der Waals surface area contributed by atoms with E-state index in [1.54, 1.807) is 38.6 Å². The summed E-state index contributed by atoms with van der Waals surface area (Å²) in [5.41, 5.74) is 2.56. The highest BCUT2D eigenvalue weighted by Crippen LogP contribution is 2.39. The Labute approximate surface area is 221 Å². The normalized spacial score (nSPS) is 14.0. The van der Waals surface area contributed by atoms with Gasteiger partial charge in [-0.3, -0.25) is 4.79 Å². The second kappa shape index (κ2) is 11.3. The number of hydrogen-bond donors (Lipinski definition) is 3. The third-order valence-electron chi connectivity index (χ3n) is 5.82. The quantitative estimate of drug-likeness (QED) is 0.340. The zero-order valence-electron chi connectivity index (χ0n) is 21.2. The summed E-state index contributed by atoms with van der Waals surface area (Å²) >= 11 is 6.38. The van der Waals surface area contributed by atoms with Crippen LogP contribution in [0.15, 0.2) is 60.3 Å². The average Bonchev–Trinajstić information content (AvgIpc) is 2.86. The molecule has 0 saturated carbocycles. The highest BCUT2D eigenvalue weighted by molar-refractivity contribution is 7.70. The fourth-order valence-corrected chi connectivity index (χ4v) is 5.26. The molecule has 194 valence electrons. The Morgan fingerprint density at radius 3 is 2.65 bits per heavy atom. The summed E-state index contributed by atoms with van der Waals surface area (Å²) in [5.74, 6) is 1.03. The van der Waals surface area contributed by atoms with Gasteiger partial charge < -0.3 is 30.2 Å². The predicted octanol–water partition coefficient (Wildman–Crippen LogP) is 5.07. The van der Waals surface area contributed by atoms with Crippen LogP contribution >= 0.6 is 18.7 Å². The number of likely N-dealkylation sites (N-methyl/N-ethyl adjacent to an activating group) is 1. The van der Waals surface area contributed by atoms with Crippen molar-refractivity contribution in [2.45, 2.75) is 6.42 Å². The molecule has 0 fully saturated rings. The van der Waals surface area contributed by atoms with Crippen molar-refractivity contribution in [2.75, 3.05) is 56.5 Å². The number of para-hydroxylation sites is 1. The Hall–Kier alpha value is -3.39. The fourth-order valence-electron chi connectivity index (χ4n) is 3.96. The Kier molecular flexibility index (Phi) is 8.17. The van der Waals surface area contributed by atoms with Gasteiger partial charge in [0, 0.05) is 29.7 Å². The molecule has 0 bridgehead atoms. The molecule has 0 spiro atoms. The van der Waals surface area contributed by atoms with Gasteiger partial charge in [0.15, 0.2) is 5.82 Å². The van der Waals surface area contributed by atoms with Crippen LogP contribution in [0.4, 0.5) is 28.8 Å². The van der Waals surface area contributed by atoms with E-state index in [1.165, 1.54) is 6.20 Å². The van der Waals surface area contributed by atoms with Gasteiger partial charge in [-0.05, 0) is 57.1 Å². The average molecular weight is 541 g/mol. The number of halogens is 1. The van der Waals surface area contributed by atoms with Gasteiger partial charge in [0.05, 0.1) is 24.7 Å². The maximum atomic E-state index is 12.8. The molecule has 2 aromatic carbocycles. The van der Waals surface area contributed by atoms with Gasteiger partial charge >= 0.3 is 0 Å². The van der Waals surface area contributed by atoms with Gasteiger partial charge in [0.1, 0.15) is 17.9 Å². The summed E-state index contributed by atoms with van der Waals surface area (Å²) in [4.78, 5) is 23.7. The minimum absolute atomic E-state index is 0.139. The van der Waals surface area contributed by atoms with Gasteiger partial charge in [-0.25, -0.2) is 4.98 Å². The van der Waals surface area contributed by atoms with Gasteiger partial charge in [0.25, 0.3) is 5.91 Å². The maximum absolute atomic E-state index is 12.8. The molecule has 11 heteroatoms. The van der Waals surface area contributed by atoms with E-state index in [0.717, 1.165) is 18.5 Å². The van der Waals surface area contributed by atoms with Gasteiger partial charge in [-0.15, -0.1) is 0 Å². The van der Waals surface area contributed by atoms with E-state index in [-0.39, 0.29) is 11.9 Å². The lowest BCUT2D eigenvalue weighted by Gasteiger charge is -2.22. The maximum Gasteiger partial charge on any atom is 0.252 e. The molecule has 0 aliphatic carbocycles. The first-order valence-corrected chi connectivity index (χ1v) is 14.7. The number of nitrogens with zero attached hydrogens (tertiary/aromatic N) is 3. The van der Waals surface area contributed by atoms with E-state index >= 15 is 0 Å². The fraction of sp³-hybridized carbons (Fsp3) is 0.269. The molecule has 37 heavy (non-hydrogen) atoms. The summed E-state index contributed by atoms with van der Waals surface area (Å²) in [6.45, 7) is 4.97. The summed E-state index contributed by atoms with van der Waals surface area (Å²) in [7, 11) is 1.01. The number of nitrogens with one attached hydrogen (secondary N) is 3.